The monoisotopic (exact) mass is 1990 g/mol. The minimum absolute atomic E-state index is 0. The number of imidazole rings is 6. The van der Waals surface area contributed by atoms with Gasteiger partial charge in [-0.3, -0.25) is 27.3 Å². The molecule has 92 heavy (non-hydrogen) atoms. The molecule has 0 aliphatic carbocycles. The van der Waals surface area contributed by atoms with Gasteiger partial charge in [0.15, 0.2) is 0 Å². The van der Waals surface area contributed by atoms with Crippen LogP contribution in [0.3, 0.4) is 0 Å². The number of rotatable bonds is 12. The van der Waals surface area contributed by atoms with Crippen molar-refractivity contribution >= 4 is 41.6 Å². The Hall–Kier alpha value is -1.61. The second kappa shape index (κ2) is 59.4. The molecule has 46 heteroatoms. The van der Waals surface area contributed by atoms with Crippen molar-refractivity contribution in [3.63, 3.8) is 0 Å². The summed E-state index contributed by atoms with van der Waals surface area (Å²) < 4.78 is 142. The van der Waals surface area contributed by atoms with Gasteiger partial charge in [0.25, 0.3) is 0 Å². The fraction of sp³-hybridized carbons (Fsp3) is 0.348. The largest absolute Gasteiger partial charge is 0.726 e. The van der Waals surface area contributed by atoms with Gasteiger partial charge in [0.1, 0.15) is 0 Å². The van der Waals surface area contributed by atoms with Crippen LogP contribution in [0.1, 0.15) is 80.6 Å². The Morgan fingerprint density at radius 2 is 0.413 bits per heavy atom. The standard InChI is InChI=1S/2C21H24N6.2C2H6O.6Cd.2H2N.4H2O4S.4H2O/c2*1-16-19(10-25-7-4-22-13-25)17(2)21(12-27-9-6-24-15-27)18(3)20(16)11-26-8-5-23-14-26;2*1-2-3;;;;;;;;;4*1-5(2,3)4;;;;/h2*4-9,13-15H,10-12H2,1-3H3;2*3H,2H2,1H3;;;;;;;2*1H2;4*(H2,1,2,3,4);4*1H2/q;;;;;;;;;;2*-1;;;;;;;;/p-2. The summed E-state index contributed by atoms with van der Waals surface area (Å²) in [7, 11) is -19.2. The third-order valence-electron chi connectivity index (χ3n) is 10.8. The van der Waals surface area contributed by atoms with E-state index in [4.69, 9.17) is 80.3 Å². The number of hydrogen-bond acceptors (Lipinski definition) is 18. The second-order valence-corrected chi connectivity index (χ2v) is 19.9. The molecule has 6 aromatic heterocycles. The normalized spacial score (nSPS) is 9.50. The number of aliphatic hydroxyl groups is 2. The summed E-state index contributed by atoms with van der Waals surface area (Å²) in [6.07, 6.45) is 34.4. The molecule has 0 saturated carbocycles. The number of hydrogen-bond donors (Lipinski definition) is 8. The van der Waals surface area contributed by atoms with Gasteiger partial charge in [-0.25, -0.2) is 46.7 Å². The van der Waals surface area contributed by atoms with Crippen molar-refractivity contribution in [2.75, 3.05) is 13.2 Å². The average molecular weight is 1980 g/mol. The zero-order valence-electron chi connectivity index (χ0n) is 52.1. The zero-order valence-corrected chi connectivity index (χ0v) is 79.6. The molecule has 0 aliphatic heterocycles. The van der Waals surface area contributed by atoms with Gasteiger partial charge in [-0.05, 0) is 122 Å². The fourth-order valence-corrected chi connectivity index (χ4v) is 7.58. The van der Waals surface area contributed by atoms with E-state index in [0.717, 1.165) is 39.3 Å². The van der Waals surface area contributed by atoms with Crippen LogP contribution in [-0.4, -0.2) is 173 Å². The van der Waals surface area contributed by atoms with Crippen LogP contribution in [0.5, 0.6) is 0 Å². The van der Waals surface area contributed by atoms with E-state index >= 15 is 0 Å². The summed E-state index contributed by atoms with van der Waals surface area (Å²) in [6.45, 7) is 22.2. The van der Waals surface area contributed by atoms with Crippen molar-refractivity contribution in [1.82, 2.24) is 57.3 Å². The first-order valence-electron chi connectivity index (χ1n) is 23.0. The summed E-state index contributed by atoms with van der Waals surface area (Å²) in [4.78, 5) is 25.2. The average Bonchev–Trinajstić information content (AvgIpc) is 4.19. The molecule has 0 atom stereocenters. The molecule has 8 rings (SSSR count). The maximum atomic E-state index is 8.74. The molecule has 0 bridgehead atoms. The Labute approximate surface area is 656 Å². The van der Waals surface area contributed by atoms with Crippen molar-refractivity contribution < 1.29 is 266 Å². The molecule has 0 unspecified atom stereocenters. The van der Waals surface area contributed by atoms with Crippen molar-refractivity contribution in [2.45, 2.75) is 94.7 Å². The van der Waals surface area contributed by atoms with Gasteiger partial charge in [0, 0.05) is 291 Å². The molecule has 8 aromatic rings. The first-order chi connectivity index (χ1) is 37.1. The van der Waals surface area contributed by atoms with Crippen LogP contribution < -0.4 is 0 Å². The summed E-state index contributed by atoms with van der Waals surface area (Å²) in [5.74, 6) is 0. The quantitative estimate of drug-likeness (QED) is 0.0488. The van der Waals surface area contributed by atoms with E-state index < -0.39 is 41.6 Å². The van der Waals surface area contributed by atoms with E-state index in [9.17, 15) is 0 Å². The van der Waals surface area contributed by atoms with Gasteiger partial charge in [-0.1, -0.05) is 0 Å². The van der Waals surface area contributed by atoms with Crippen molar-refractivity contribution in [1.29, 1.82) is 0 Å². The van der Waals surface area contributed by atoms with Gasteiger partial charge in [0.2, 0.25) is 20.8 Å². The Kier molecular flexibility index (Phi) is 76.0. The summed E-state index contributed by atoms with van der Waals surface area (Å²) in [5.41, 5.74) is 16.3. The maximum absolute atomic E-state index is 8.74. The molecule has 20 N–H and O–H groups in total. The van der Waals surface area contributed by atoms with Crippen LogP contribution in [0.25, 0.3) is 12.3 Å². The van der Waals surface area contributed by atoms with Gasteiger partial charge >= 0.3 is 20.8 Å². The summed E-state index contributed by atoms with van der Waals surface area (Å²) in [6, 6.07) is 0. The van der Waals surface area contributed by atoms with Crippen molar-refractivity contribution in [3.8, 4) is 0 Å². The van der Waals surface area contributed by atoms with Gasteiger partial charge < -0.3 is 80.9 Å². The summed E-state index contributed by atoms with van der Waals surface area (Å²) >= 11 is 0. The Balaban J connectivity index is -0.0000000922. The van der Waals surface area contributed by atoms with E-state index in [-0.39, 0.29) is 211 Å². The maximum Gasteiger partial charge on any atom is 0.394 e. The molecule has 6 heterocycles. The summed E-state index contributed by atoms with van der Waals surface area (Å²) in [5, 5.41) is 15.1. The van der Waals surface area contributed by atoms with Gasteiger partial charge in [-0.15, -0.1) is 0 Å². The molecular weight excluding hydrogens is 1900 g/mol. The number of aliphatic hydroxyl groups excluding tert-OH is 2. The molecule has 0 fully saturated rings. The van der Waals surface area contributed by atoms with E-state index in [1.807, 2.05) is 112 Å². The molecule has 0 radical (unpaired) electrons. The predicted octanol–water partition coefficient (Wildman–Crippen LogP) is 1.51. The third-order valence-corrected chi connectivity index (χ3v) is 10.8. The molecular formula is C46H78Cd6N14O22S4-4. The van der Waals surface area contributed by atoms with Crippen LogP contribution >= 0.6 is 0 Å². The van der Waals surface area contributed by atoms with Crippen molar-refractivity contribution in [3.05, 3.63) is 191 Å². The van der Waals surface area contributed by atoms with Crippen LogP contribution in [0, 0.1) is 41.5 Å². The number of nitrogens with zero attached hydrogens (tertiary/aromatic N) is 12. The first kappa shape index (κ1) is 118. The molecule has 0 aliphatic rings. The first-order valence-corrected chi connectivity index (χ1v) is 28.5. The second-order valence-electron chi connectivity index (χ2n) is 16.4. The van der Waals surface area contributed by atoms with Crippen LogP contribution in [0.4, 0.5) is 0 Å². The molecule has 0 amide bonds. The third kappa shape index (κ3) is 53.4. The molecule has 2 aromatic carbocycles. The zero-order chi connectivity index (χ0) is 61.0. The minimum atomic E-state index is -4.92. The fourth-order valence-electron chi connectivity index (χ4n) is 7.58. The minimum Gasteiger partial charge on any atom is -0.726 e. The molecule has 0 spiro atoms. The molecule has 36 nitrogen and oxygen atoms in total. The van der Waals surface area contributed by atoms with Crippen LogP contribution in [0.2, 0.25) is 0 Å². The number of nitrogens with two attached hydrogens (primary N) is 2. The van der Waals surface area contributed by atoms with E-state index in [2.05, 4.69) is 98.8 Å². The Bertz CT molecular complexity index is 2880. The smallest absolute Gasteiger partial charge is 0.394 e. The van der Waals surface area contributed by atoms with E-state index in [1.165, 1.54) is 66.8 Å². The molecule has 0 saturated heterocycles. The Morgan fingerprint density at radius 1 is 0.326 bits per heavy atom. The van der Waals surface area contributed by atoms with E-state index in [1.54, 1.807) is 13.8 Å². The van der Waals surface area contributed by atoms with Crippen LogP contribution in [-0.2, 0) is 245 Å². The van der Waals surface area contributed by atoms with Crippen LogP contribution in [0.15, 0.2) is 112 Å². The SMILES string of the molecule is CCO.CCO.Cc1c(Cn2ccnc2)c(C)c(Cn2ccnc2)c(C)c1Cn1ccnc1.Cc1c(Cn2ccnc2)c(C)c(Cn2ccnc2)c(C)c1Cn1ccnc1.O.O.O.O.O=S(=O)(O)O.O=S(=O)(O)O.O=S(=O)([O-])O.O=S(=O)([O-])O.[Cd].[Cd].[Cd].[Cd].[Cd].[Cd].[NH2-].[NH2-]. The van der Waals surface area contributed by atoms with E-state index in [0.29, 0.717) is 0 Å². The topological polar surface area (TPSA) is 644 Å². The van der Waals surface area contributed by atoms with Gasteiger partial charge in [-0.2, -0.15) is 16.8 Å². The molecule has 504 valence electrons. The predicted molar refractivity (Wildman–Crippen MR) is 313 cm³/mol. The van der Waals surface area contributed by atoms with Gasteiger partial charge in [0.05, 0.1) is 38.0 Å². The Morgan fingerprint density at radius 3 is 0.478 bits per heavy atom. The number of benzene rings is 2. The van der Waals surface area contributed by atoms with Crippen molar-refractivity contribution in [2.24, 2.45) is 0 Å². The number of aromatic nitrogens is 12.